The van der Waals surface area contributed by atoms with E-state index in [1.807, 2.05) is 6.92 Å². The molecule has 0 aromatic heterocycles. The van der Waals surface area contributed by atoms with Crippen LogP contribution in [0.1, 0.15) is 18.1 Å². The zero-order valence-electron chi connectivity index (χ0n) is 12.1. The summed E-state index contributed by atoms with van der Waals surface area (Å²) in [5, 5.41) is 7.00. The van der Waals surface area contributed by atoms with Crippen LogP contribution >= 0.6 is 12.2 Å². The van der Waals surface area contributed by atoms with E-state index in [4.69, 9.17) is 12.2 Å². The topological polar surface area (TPSA) is 24.1 Å². The Hall–Kier alpha value is -2.13. The van der Waals surface area contributed by atoms with Gasteiger partial charge in [-0.05, 0) is 59.9 Å². The maximum absolute atomic E-state index is 5.29. The predicted molar refractivity (Wildman–Crippen MR) is 93.7 cm³/mol. The Kier molecular flexibility index (Phi) is 3.76. The molecule has 2 N–H and O–H groups in total. The van der Waals surface area contributed by atoms with Gasteiger partial charge in [0.05, 0.1) is 0 Å². The van der Waals surface area contributed by atoms with Gasteiger partial charge >= 0.3 is 0 Å². The van der Waals surface area contributed by atoms with Crippen molar-refractivity contribution in [3.63, 3.8) is 0 Å². The van der Waals surface area contributed by atoms with E-state index in [9.17, 15) is 0 Å². The summed E-state index contributed by atoms with van der Waals surface area (Å²) < 4.78 is 0. The minimum Gasteiger partial charge on any atom is -0.359 e. The SMILES string of the molecule is C=C(C)CNC(=S)Nc1ccc2c(c1)Cc1ccccc1-2. The maximum Gasteiger partial charge on any atom is 0.171 e. The molecule has 2 aromatic carbocycles. The van der Waals surface area contributed by atoms with Crippen molar-refractivity contribution in [1.82, 2.24) is 5.32 Å². The molecule has 21 heavy (non-hydrogen) atoms. The molecule has 0 fully saturated rings. The number of rotatable bonds is 3. The van der Waals surface area contributed by atoms with E-state index in [1.165, 1.54) is 22.3 Å². The van der Waals surface area contributed by atoms with Crippen molar-refractivity contribution < 1.29 is 0 Å². The van der Waals surface area contributed by atoms with Gasteiger partial charge in [-0.1, -0.05) is 42.5 Å². The van der Waals surface area contributed by atoms with E-state index in [-0.39, 0.29) is 0 Å². The van der Waals surface area contributed by atoms with Gasteiger partial charge < -0.3 is 10.6 Å². The Morgan fingerprint density at radius 2 is 1.90 bits per heavy atom. The molecular weight excluding hydrogens is 276 g/mol. The fourth-order valence-electron chi connectivity index (χ4n) is 2.63. The summed E-state index contributed by atoms with van der Waals surface area (Å²) in [6.07, 6.45) is 0.993. The van der Waals surface area contributed by atoms with Gasteiger partial charge in [-0.2, -0.15) is 0 Å². The first-order valence-corrected chi connectivity index (χ1v) is 7.45. The largest absolute Gasteiger partial charge is 0.359 e. The van der Waals surface area contributed by atoms with Gasteiger partial charge in [0.25, 0.3) is 0 Å². The van der Waals surface area contributed by atoms with E-state index in [1.54, 1.807) is 0 Å². The van der Waals surface area contributed by atoms with Gasteiger partial charge in [0.2, 0.25) is 0 Å². The smallest absolute Gasteiger partial charge is 0.171 e. The first-order valence-electron chi connectivity index (χ1n) is 7.04. The zero-order valence-corrected chi connectivity index (χ0v) is 12.9. The molecule has 0 amide bonds. The van der Waals surface area contributed by atoms with Crippen LogP contribution in [0.15, 0.2) is 54.6 Å². The minimum absolute atomic E-state index is 0.633. The van der Waals surface area contributed by atoms with Crippen LogP contribution in [0, 0.1) is 0 Å². The average Bonchev–Trinajstić information content (AvgIpc) is 2.82. The van der Waals surface area contributed by atoms with Gasteiger partial charge in [0.15, 0.2) is 5.11 Å². The number of thiocarbonyl (C=S) groups is 1. The molecule has 0 heterocycles. The van der Waals surface area contributed by atoms with Gasteiger partial charge in [0, 0.05) is 12.2 Å². The molecule has 0 bridgehead atoms. The summed E-state index contributed by atoms with van der Waals surface area (Å²) in [5.74, 6) is 0. The molecule has 0 saturated carbocycles. The number of hydrogen-bond donors (Lipinski definition) is 2. The second-order valence-corrected chi connectivity index (χ2v) is 5.88. The lowest BCUT2D eigenvalue weighted by Crippen LogP contribution is -2.29. The molecule has 0 radical (unpaired) electrons. The molecule has 3 heteroatoms. The molecule has 3 rings (SSSR count). The third-order valence-electron chi connectivity index (χ3n) is 3.60. The number of fused-ring (bicyclic) bond motifs is 3. The van der Waals surface area contributed by atoms with E-state index >= 15 is 0 Å². The summed E-state index contributed by atoms with van der Waals surface area (Å²) in [5.41, 5.74) is 7.51. The summed E-state index contributed by atoms with van der Waals surface area (Å²) in [4.78, 5) is 0. The predicted octanol–water partition coefficient (Wildman–Crippen LogP) is 4.12. The lowest BCUT2D eigenvalue weighted by atomic mass is 10.1. The lowest BCUT2D eigenvalue weighted by molar-refractivity contribution is 1.000. The second-order valence-electron chi connectivity index (χ2n) is 5.47. The Bertz CT molecular complexity index is 719. The monoisotopic (exact) mass is 294 g/mol. The van der Waals surface area contributed by atoms with Crippen LogP contribution in [-0.2, 0) is 6.42 Å². The van der Waals surface area contributed by atoms with Gasteiger partial charge in [-0.3, -0.25) is 0 Å². The second kappa shape index (κ2) is 5.70. The van der Waals surface area contributed by atoms with Gasteiger partial charge in [-0.25, -0.2) is 0 Å². The number of hydrogen-bond acceptors (Lipinski definition) is 1. The van der Waals surface area contributed by atoms with Crippen LogP contribution in [0.5, 0.6) is 0 Å². The molecule has 0 unspecified atom stereocenters. The Balaban J connectivity index is 1.75. The molecule has 0 spiro atoms. The number of nitrogens with one attached hydrogen (secondary N) is 2. The maximum atomic E-state index is 5.29. The van der Waals surface area contributed by atoms with E-state index in [0.717, 1.165) is 17.7 Å². The molecule has 1 aliphatic rings. The summed E-state index contributed by atoms with van der Waals surface area (Å²) in [7, 11) is 0. The number of anilines is 1. The van der Waals surface area contributed by atoms with Crippen molar-refractivity contribution in [2.24, 2.45) is 0 Å². The highest BCUT2D eigenvalue weighted by atomic mass is 32.1. The molecule has 0 atom stereocenters. The first-order chi connectivity index (χ1) is 10.1. The highest BCUT2D eigenvalue weighted by molar-refractivity contribution is 7.80. The average molecular weight is 294 g/mol. The van der Waals surface area contributed by atoms with Crippen molar-refractivity contribution in [3.8, 4) is 11.1 Å². The Morgan fingerprint density at radius 1 is 1.14 bits per heavy atom. The van der Waals surface area contributed by atoms with Crippen molar-refractivity contribution in [2.45, 2.75) is 13.3 Å². The highest BCUT2D eigenvalue weighted by Crippen LogP contribution is 2.37. The normalized spacial score (nSPS) is 11.5. The van der Waals surface area contributed by atoms with Crippen molar-refractivity contribution in [1.29, 1.82) is 0 Å². The Morgan fingerprint density at radius 3 is 2.71 bits per heavy atom. The van der Waals surface area contributed by atoms with Crippen LogP contribution < -0.4 is 10.6 Å². The summed E-state index contributed by atoms with van der Waals surface area (Å²) in [6, 6.07) is 15.0. The summed E-state index contributed by atoms with van der Waals surface area (Å²) >= 11 is 5.29. The van der Waals surface area contributed by atoms with Crippen molar-refractivity contribution in [3.05, 3.63) is 65.7 Å². The van der Waals surface area contributed by atoms with Gasteiger partial charge in [0.1, 0.15) is 0 Å². The van der Waals surface area contributed by atoms with Crippen LogP contribution in [0.3, 0.4) is 0 Å². The zero-order chi connectivity index (χ0) is 14.8. The standard InChI is InChI=1S/C18H18N2S/c1-12(2)11-19-18(21)20-15-7-8-17-14(10-15)9-13-5-3-4-6-16(13)17/h3-8,10H,1,9,11H2,2H3,(H2,19,20,21). The minimum atomic E-state index is 0.633. The first kappa shape index (κ1) is 13.8. The van der Waals surface area contributed by atoms with Gasteiger partial charge in [-0.15, -0.1) is 0 Å². The van der Waals surface area contributed by atoms with Crippen LogP contribution in [0.2, 0.25) is 0 Å². The number of benzene rings is 2. The molecule has 2 nitrogen and oxygen atoms in total. The molecular formula is C18H18N2S. The molecule has 2 aromatic rings. The fraction of sp³-hybridized carbons (Fsp3) is 0.167. The third kappa shape index (κ3) is 2.98. The Labute approximate surface area is 130 Å². The summed E-state index contributed by atoms with van der Waals surface area (Å²) in [6.45, 7) is 6.53. The van der Waals surface area contributed by atoms with Crippen LogP contribution in [0.25, 0.3) is 11.1 Å². The molecule has 1 aliphatic carbocycles. The van der Waals surface area contributed by atoms with Crippen molar-refractivity contribution in [2.75, 3.05) is 11.9 Å². The highest BCUT2D eigenvalue weighted by Gasteiger charge is 2.17. The van der Waals surface area contributed by atoms with Crippen molar-refractivity contribution >= 4 is 23.0 Å². The fourth-order valence-corrected chi connectivity index (χ4v) is 2.82. The van der Waals surface area contributed by atoms with E-state index in [0.29, 0.717) is 11.7 Å². The molecule has 0 aliphatic heterocycles. The lowest BCUT2D eigenvalue weighted by Gasteiger charge is -2.11. The van der Waals surface area contributed by atoms with Crippen LogP contribution in [-0.4, -0.2) is 11.7 Å². The quantitative estimate of drug-likeness (QED) is 0.561. The van der Waals surface area contributed by atoms with E-state index < -0.39 is 0 Å². The van der Waals surface area contributed by atoms with Crippen LogP contribution in [0.4, 0.5) is 5.69 Å². The third-order valence-corrected chi connectivity index (χ3v) is 3.85. The molecule has 106 valence electrons. The molecule has 0 saturated heterocycles. The van der Waals surface area contributed by atoms with E-state index in [2.05, 4.69) is 59.7 Å².